The van der Waals surface area contributed by atoms with Gasteiger partial charge in [-0.2, -0.15) is 0 Å². The first-order chi connectivity index (χ1) is 8.04. The molecule has 0 saturated carbocycles. The predicted octanol–water partition coefficient (Wildman–Crippen LogP) is 2.52. The Morgan fingerprint density at radius 3 is 2.88 bits per heavy atom. The monoisotopic (exact) mass is 255 g/mol. The van der Waals surface area contributed by atoms with E-state index in [0.717, 1.165) is 12.3 Å². The number of hydrogen-bond acceptors (Lipinski definition) is 4. The molecule has 0 saturated heterocycles. The minimum Gasteiger partial charge on any atom is -0.506 e. The van der Waals surface area contributed by atoms with Crippen molar-refractivity contribution in [3.05, 3.63) is 34.7 Å². The Morgan fingerprint density at radius 2 is 2.24 bits per heavy atom. The molecule has 2 rings (SSSR count). The van der Waals surface area contributed by atoms with E-state index in [1.54, 1.807) is 0 Å². The molecular weight excluding hydrogens is 249 g/mol. The molecule has 0 radical (unpaired) electrons. The normalized spacial score (nSPS) is 10.5. The molecule has 1 N–H and O–H groups in total. The van der Waals surface area contributed by atoms with Crippen LogP contribution in [-0.4, -0.2) is 23.2 Å². The zero-order valence-corrected chi connectivity index (χ0v) is 9.45. The van der Waals surface area contributed by atoms with Gasteiger partial charge in [-0.05, 0) is 12.1 Å². The van der Waals surface area contributed by atoms with Crippen molar-refractivity contribution in [3.8, 4) is 5.75 Å². The molecule has 0 atom stereocenters. The van der Waals surface area contributed by atoms with Crippen LogP contribution < -0.4 is 0 Å². The van der Waals surface area contributed by atoms with Crippen molar-refractivity contribution in [2.24, 2.45) is 0 Å². The molecule has 0 aliphatic heterocycles. The molecule has 2 aromatic rings. The molecule has 0 bridgehead atoms. The average Bonchev–Trinajstić information content (AvgIpc) is 2.31. The van der Waals surface area contributed by atoms with Crippen LogP contribution in [0.4, 0.5) is 4.39 Å². The summed E-state index contributed by atoms with van der Waals surface area (Å²) in [6.45, 7) is 0. The van der Waals surface area contributed by atoms with Crippen molar-refractivity contribution in [2.75, 3.05) is 7.11 Å². The topological polar surface area (TPSA) is 59.4 Å². The third-order valence-corrected chi connectivity index (χ3v) is 2.58. The number of carbonyl (C=O) groups excluding carboxylic acids is 1. The minimum atomic E-state index is -0.743. The van der Waals surface area contributed by atoms with Crippen LogP contribution in [0.5, 0.6) is 5.75 Å². The van der Waals surface area contributed by atoms with Crippen molar-refractivity contribution in [1.82, 2.24) is 4.98 Å². The van der Waals surface area contributed by atoms with Crippen LogP contribution in [-0.2, 0) is 4.74 Å². The highest BCUT2D eigenvalue weighted by molar-refractivity contribution is 6.31. The van der Waals surface area contributed by atoms with Gasteiger partial charge >= 0.3 is 5.97 Å². The van der Waals surface area contributed by atoms with Crippen LogP contribution in [0.2, 0.25) is 5.02 Å². The molecule has 0 aliphatic rings. The summed E-state index contributed by atoms with van der Waals surface area (Å²) in [6.07, 6.45) is 1.15. The summed E-state index contributed by atoms with van der Waals surface area (Å²) < 4.78 is 17.7. The Morgan fingerprint density at radius 1 is 1.53 bits per heavy atom. The van der Waals surface area contributed by atoms with E-state index in [1.165, 1.54) is 13.2 Å². The fourth-order valence-corrected chi connectivity index (χ4v) is 1.59. The fourth-order valence-electron chi connectivity index (χ4n) is 1.43. The first kappa shape index (κ1) is 11.6. The lowest BCUT2D eigenvalue weighted by atomic mass is 10.1. The number of aromatic nitrogens is 1. The van der Waals surface area contributed by atoms with Gasteiger partial charge in [0, 0.05) is 11.6 Å². The zero-order valence-electron chi connectivity index (χ0n) is 8.70. The van der Waals surface area contributed by atoms with Crippen molar-refractivity contribution in [1.29, 1.82) is 0 Å². The lowest BCUT2D eigenvalue weighted by Crippen LogP contribution is -2.02. The molecule has 1 aromatic carbocycles. The standard InChI is InChI=1S/C11H7ClFNO3/c1-17-11(16)6-4-14-9-3-7(12)8(13)2-5(9)10(6)15/h2-4H,1H3,(H,14,15). The fraction of sp³-hybridized carbons (Fsp3) is 0.0909. The quantitative estimate of drug-likeness (QED) is 0.796. The van der Waals surface area contributed by atoms with Gasteiger partial charge in [0.2, 0.25) is 0 Å². The van der Waals surface area contributed by atoms with E-state index < -0.39 is 11.8 Å². The number of benzene rings is 1. The second kappa shape index (κ2) is 4.18. The van der Waals surface area contributed by atoms with Gasteiger partial charge in [0.1, 0.15) is 17.1 Å². The second-order valence-corrected chi connectivity index (χ2v) is 3.70. The summed E-state index contributed by atoms with van der Waals surface area (Å²) >= 11 is 5.58. The Balaban J connectivity index is 2.75. The van der Waals surface area contributed by atoms with E-state index in [1.807, 2.05) is 0 Å². The number of carbonyl (C=O) groups is 1. The molecule has 0 unspecified atom stereocenters. The van der Waals surface area contributed by atoms with Gasteiger partial charge in [-0.25, -0.2) is 9.18 Å². The lowest BCUT2D eigenvalue weighted by molar-refractivity contribution is 0.0597. The molecule has 88 valence electrons. The van der Waals surface area contributed by atoms with Crippen LogP contribution in [0, 0.1) is 5.82 Å². The molecule has 1 aromatic heterocycles. The van der Waals surface area contributed by atoms with Crippen molar-refractivity contribution in [3.63, 3.8) is 0 Å². The number of pyridine rings is 1. The van der Waals surface area contributed by atoms with Gasteiger partial charge in [-0.15, -0.1) is 0 Å². The van der Waals surface area contributed by atoms with Gasteiger partial charge < -0.3 is 9.84 Å². The van der Waals surface area contributed by atoms with E-state index in [0.29, 0.717) is 5.52 Å². The molecule has 0 spiro atoms. The van der Waals surface area contributed by atoms with E-state index in [9.17, 15) is 14.3 Å². The van der Waals surface area contributed by atoms with Crippen LogP contribution in [0.25, 0.3) is 10.9 Å². The Bertz CT molecular complexity index is 615. The number of aromatic hydroxyl groups is 1. The Labute approximate surface area is 101 Å². The Kier molecular flexibility index (Phi) is 2.85. The summed E-state index contributed by atoms with van der Waals surface area (Å²) in [5, 5.41) is 9.82. The summed E-state index contributed by atoms with van der Waals surface area (Å²) in [5.74, 6) is -1.82. The SMILES string of the molecule is COC(=O)c1cnc2cc(Cl)c(F)cc2c1O. The Hall–Kier alpha value is -1.88. The van der Waals surface area contributed by atoms with Gasteiger partial charge in [-0.3, -0.25) is 4.98 Å². The van der Waals surface area contributed by atoms with Gasteiger partial charge in [0.25, 0.3) is 0 Å². The van der Waals surface area contributed by atoms with Crippen molar-refractivity contribution >= 4 is 28.5 Å². The first-order valence-corrected chi connectivity index (χ1v) is 4.97. The van der Waals surface area contributed by atoms with Crippen LogP contribution in [0.3, 0.4) is 0 Å². The third kappa shape index (κ3) is 1.89. The van der Waals surface area contributed by atoms with Crippen molar-refractivity contribution < 1.29 is 19.0 Å². The number of ether oxygens (including phenoxy) is 1. The molecule has 0 aliphatic carbocycles. The van der Waals surface area contributed by atoms with E-state index in [4.69, 9.17) is 11.6 Å². The van der Waals surface area contributed by atoms with Crippen molar-refractivity contribution in [2.45, 2.75) is 0 Å². The van der Waals surface area contributed by atoms with E-state index >= 15 is 0 Å². The molecule has 6 heteroatoms. The number of methoxy groups -OCH3 is 1. The molecule has 17 heavy (non-hydrogen) atoms. The number of rotatable bonds is 1. The highest BCUT2D eigenvalue weighted by atomic mass is 35.5. The summed E-state index contributed by atoms with van der Waals surface area (Å²) in [4.78, 5) is 15.2. The maximum atomic E-state index is 13.3. The highest BCUT2D eigenvalue weighted by Gasteiger charge is 2.16. The maximum absolute atomic E-state index is 13.3. The molecule has 1 heterocycles. The number of halogens is 2. The van der Waals surface area contributed by atoms with Gasteiger partial charge in [0.15, 0.2) is 0 Å². The average molecular weight is 256 g/mol. The first-order valence-electron chi connectivity index (χ1n) is 4.59. The maximum Gasteiger partial charge on any atom is 0.343 e. The second-order valence-electron chi connectivity index (χ2n) is 3.30. The predicted molar refractivity (Wildman–Crippen MR) is 59.7 cm³/mol. The smallest absolute Gasteiger partial charge is 0.343 e. The summed E-state index contributed by atoms with van der Waals surface area (Å²) in [6, 6.07) is 2.29. The van der Waals surface area contributed by atoms with Crippen LogP contribution in [0.1, 0.15) is 10.4 Å². The number of esters is 1. The number of fused-ring (bicyclic) bond motifs is 1. The molecule has 0 fully saturated rings. The summed E-state index contributed by atoms with van der Waals surface area (Å²) in [5.41, 5.74) is 0.170. The van der Waals surface area contributed by atoms with Gasteiger partial charge in [0.05, 0.1) is 17.6 Å². The molecule has 4 nitrogen and oxygen atoms in total. The minimum absolute atomic E-state index is 0.102. The van der Waals surface area contributed by atoms with Gasteiger partial charge in [-0.1, -0.05) is 11.6 Å². The molecular formula is C11H7ClFNO3. The lowest BCUT2D eigenvalue weighted by Gasteiger charge is -2.06. The van der Waals surface area contributed by atoms with Crippen LogP contribution >= 0.6 is 11.6 Å². The van der Waals surface area contributed by atoms with E-state index in [2.05, 4.69) is 9.72 Å². The zero-order chi connectivity index (χ0) is 12.6. The largest absolute Gasteiger partial charge is 0.506 e. The highest BCUT2D eigenvalue weighted by Crippen LogP contribution is 2.30. The van der Waals surface area contributed by atoms with Crippen LogP contribution in [0.15, 0.2) is 18.3 Å². The summed E-state index contributed by atoms with van der Waals surface area (Å²) in [7, 11) is 1.18. The number of hydrogen-bond donors (Lipinski definition) is 1. The van der Waals surface area contributed by atoms with E-state index in [-0.39, 0.29) is 21.7 Å². The third-order valence-electron chi connectivity index (χ3n) is 2.29. The molecule has 0 amide bonds. The number of nitrogens with zero attached hydrogens (tertiary/aromatic N) is 1.